The normalized spacial score (nSPS) is 12.7. The minimum atomic E-state index is -0.227. The zero-order chi connectivity index (χ0) is 14.7. The molecule has 0 N–H and O–H groups in total. The van der Waals surface area contributed by atoms with Crippen LogP contribution in [-0.2, 0) is 6.42 Å². The third kappa shape index (κ3) is 4.16. The van der Waals surface area contributed by atoms with E-state index in [9.17, 15) is 4.39 Å². The van der Waals surface area contributed by atoms with E-state index < -0.39 is 0 Å². The van der Waals surface area contributed by atoms with Crippen LogP contribution in [0.1, 0.15) is 35.4 Å². The van der Waals surface area contributed by atoms with Crippen molar-refractivity contribution in [3.63, 3.8) is 0 Å². The largest absolute Gasteiger partial charge is 0.207 e. The Hall–Kier alpha value is -0.670. The summed E-state index contributed by atoms with van der Waals surface area (Å²) in [6, 6.07) is 13.5. The van der Waals surface area contributed by atoms with Crippen molar-refractivity contribution in [2.24, 2.45) is 5.92 Å². The molecule has 0 aliphatic heterocycles. The van der Waals surface area contributed by atoms with Crippen molar-refractivity contribution in [1.82, 2.24) is 0 Å². The number of halogens is 3. The van der Waals surface area contributed by atoms with Gasteiger partial charge in [0, 0.05) is 4.47 Å². The molecule has 0 spiro atoms. The Bertz CT molecular complexity index is 556. The molecule has 0 amide bonds. The highest BCUT2D eigenvalue weighted by Gasteiger charge is 2.12. The van der Waals surface area contributed by atoms with Crippen LogP contribution < -0.4 is 0 Å². The molecule has 3 heteroatoms. The Balaban J connectivity index is 2.22. The van der Waals surface area contributed by atoms with Crippen LogP contribution in [0.25, 0.3) is 0 Å². The molecule has 2 aromatic carbocycles. The zero-order valence-corrected chi connectivity index (χ0v) is 14.7. The Morgan fingerprint density at radius 2 is 1.65 bits per heavy atom. The summed E-state index contributed by atoms with van der Waals surface area (Å²) in [5, 5.41) is 0. The monoisotopic (exact) mass is 398 g/mol. The molecule has 0 aliphatic carbocycles. The maximum absolute atomic E-state index is 13.5. The minimum absolute atomic E-state index is 0.00241. The second-order valence-corrected chi connectivity index (χ2v) is 7.24. The summed E-state index contributed by atoms with van der Waals surface area (Å²) >= 11 is 6.98. The van der Waals surface area contributed by atoms with Gasteiger partial charge in [-0.15, -0.1) is 0 Å². The smallest absolute Gasteiger partial charge is 0.124 e. The van der Waals surface area contributed by atoms with Crippen molar-refractivity contribution in [2.75, 3.05) is 0 Å². The van der Waals surface area contributed by atoms with E-state index in [1.54, 1.807) is 6.07 Å². The van der Waals surface area contributed by atoms with Crippen molar-refractivity contribution in [1.29, 1.82) is 0 Å². The first-order valence-electron chi connectivity index (χ1n) is 6.64. The highest BCUT2D eigenvalue weighted by molar-refractivity contribution is 9.10. The lowest BCUT2D eigenvalue weighted by molar-refractivity contribution is 0.625. The van der Waals surface area contributed by atoms with E-state index in [2.05, 4.69) is 70.0 Å². The second kappa shape index (κ2) is 6.86. The lowest BCUT2D eigenvalue weighted by atomic mass is 9.99. The number of hydrogen-bond acceptors (Lipinski definition) is 0. The summed E-state index contributed by atoms with van der Waals surface area (Å²) in [7, 11) is 0. The Kier molecular flexibility index (Phi) is 5.39. The Morgan fingerprint density at radius 3 is 2.20 bits per heavy atom. The van der Waals surface area contributed by atoms with Gasteiger partial charge in [0.15, 0.2) is 0 Å². The maximum Gasteiger partial charge on any atom is 0.124 e. The fourth-order valence-electron chi connectivity index (χ4n) is 2.21. The maximum atomic E-state index is 13.5. The van der Waals surface area contributed by atoms with E-state index in [0.29, 0.717) is 5.92 Å². The van der Waals surface area contributed by atoms with Crippen LogP contribution in [0.2, 0.25) is 0 Å². The predicted molar refractivity (Wildman–Crippen MR) is 89.9 cm³/mol. The highest BCUT2D eigenvalue weighted by atomic mass is 79.9. The summed E-state index contributed by atoms with van der Waals surface area (Å²) in [5.41, 5.74) is 3.38. The predicted octanol–water partition coefficient (Wildman–Crippen LogP) is 6.27. The first-order chi connectivity index (χ1) is 9.45. The van der Waals surface area contributed by atoms with Crippen LogP contribution in [0, 0.1) is 11.7 Å². The van der Waals surface area contributed by atoms with Gasteiger partial charge >= 0.3 is 0 Å². The molecule has 0 nitrogen and oxygen atoms in total. The molecule has 0 aromatic heterocycles. The van der Waals surface area contributed by atoms with Gasteiger partial charge in [-0.2, -0.15) is 0 Å². The Labute approximate surface area is 136 Å². The molecule has 1 unspecified atom stereocenters. The zero-order valence-electron chi connectivity index (χ0n) is 11.5. The first-order valence-corrected chi connectivity index (χ1v) is 8.35. The van der Waals surface area contributed by atoms with Crippen LogP contribution in [0.4, 0.5) is 4.39 Å². The summed E-state index contributed by atoms with van der Waals surface area (Å²) in [4.78, 5) is 0.00241. The topological polar surface area (TPSA) is 0 Å². The first kappa shape index (κ1) is 15.7. The lowest BCUT2D eigenvalue weighted by Crippen LogP contribution is -1.97. The van der Waals surface area contributed by atoms with Crippen LogP contribution in [-0.4, -0.2) is 0 Å². The van der Waals surface area contributed by atoms with Crippen LogP contribution in [0.3, 0.4) is 0 Å². The van der Waals surface area contributed by atoms with E-state index >= 15 is 0 Å². The second-order valence-electron chi connectivity index (χ2n) is 5.40. The molecule has 0 radical (unpaired) electrons. The molecule has 0 aliphatic rings. The summed E-state index contributed by atoms with van der Waals surface area (Å²) in [6.07, 6.45) is 1.08. The van der Waals surface area contributed by atoms with Crippen molar-refractivity contribution in [3.05, 3.63) is 69.4 Å². The third-order valence-electron chi connectivity index (χ3n) is 3.09. The summed E-state index contributed by atoms with van der Waals surface area (Å²) < 4.78 is 14.2. The fourth-order valence-corrected chi connectivity index (χ4v) is 3.26. The SMILES string of the molecule is CC(C)Cc1ccc(C(Br)c2cc(F)cc(Br)c2)cc1. The molecule has 0 fully saturated rings. The standard InChI is InChI=1S/C17H17Br2F/c1-11(2)7-12-3-5-13(6-4-12)17(19)14-8-15(18)10-16(20)9-14/h3-6,8-11,17H,7H2,1-2H3. The van der Waals surface area contributed by atoms with E-state index in [-0.39, 0.29) is 10.6 Å². The molecule has 20 heavy (non-hydrogen) atoms. The molecular weight excluding hydrogens is 383 g/mol. The van der Waals surface area contributed by atoms with Gasteiger partial charge in [0.05, 0.1) is 4.83 Å². The molecule has 0 saturated heterocycles. The van der Waals surface area contributed by atoms with Crippen LogP contribution >= 0.6 is 31.9 Å². The molecule has 1 atom stereocenters. The molecule has 106 valence electrons. The van der Waals surface area contributed by atoms with E-state index in [1.807, 2.05) is 6.07 Å². The molecule has 2 aromatic rings. The van der Waals surface area contributed by atoms with E-state index in [4.69, 9.17) is 0 Å². The van der Waals surface area contributed by atoms with Gasteiger partial charge in [0.1, 0.15) is 5.82 Å². The van der Waals surface area contributed by atoms with Crippen molar-refractivity contribution < 1.29 is 4.39 Å². The lowest BCUT2D eigenvalue weighted by Gasteiger charge is -2.13. The summed E-state index contributed by atoms with van der Waals surface area (Å²) in [5.74, 6) is 0.426. The number of rotatable bonds is 4. The number of alkyl halides is 1. The molecule has 0 saturated carbocycles. The molecule has 0 heterocycles. The average Bonchev–Trinajstić information content (AvgIpc) is 2.37. The average molecular weight is 400 g/mol. The van der Waals surface area contributed by atoms with Crippen LogP contribution in [0.15, 0.2) is 46.9 Å². The fraction of sp³-hybridized carbons (Fsp3) is 0.294. The third-order valence-corrected chi connectivity index (χ3v) is 4.61. The van der Waals surface area contributed by atoms with E-state index in [1.165, 1.54) is 11.6 Å². The van der Waals surface area contributed by atoms with Gasteiger partial charge in [0.25, 0.3) is 0 Å². The van der Waals surface area contributed by atoms with Gasteiger partial charge in [-0.3, -0.25) is 0 Å². The molecule has 0 bridgehead atoms. The highest BCUT2D eigenvalue weighted by Crippen LogP contribution is 2.33. The molecular formula is C17H17Br2F. The summed E-state index contributed by atoms with van der Waals surface area (Å²) in [6.45, 7) is 4.43. The van der Waals surface area contributed by atoms with Crippen molar-refractivity contribution >= 4 is 31.9 Å². The molecule has 2 rings (SSSR count). The van der Waals surface area contributed by atoms with Crippen molar-refractivity contribution in [3.8, 4) is 0 Å². The van der Waals surface area contributed by atoms with Gasteiger partial charge in [-0.05, 0) is 47.2 Å². The Morgan fingerprint density at radius 1 is 1.00 bits per heavy atom. The van der Waals surface area contributed by atoms with E-state index in [0.717, 1.165) is 22.0 Å². The van der Waals surface area contributed by atoms with Crippen molar-refractivity contribution in [2.45, 2.75) is 25.1 Å². The minimum Gasteiger partial charge on any atom is -0.207 e. The van der Waals surface area contributed by atoms with Crippen LogP contribution in [0.5, 0.6) is 0 Å². The van der Waals surface area contributed by atoms with Gasteiger partial charge in [-0.1, -0.05) is 70.0 Å². The van der Waals surface area contributed by atoms with Gasteiger partial charge in [0.2, 0.25) is 0 Å². The quantitative estimate of drug-likeness (QED) is 0.531. The number of hydrogen-bond donors (Lipinski definition) is 0. The number of benzene rings is 2. The van der Waals surface area contributed by atoms with Gasteiger partial charge in [-0.25, -0.2) is 4.39 Å². The van der Waals surface area contributed by atoms with Gasteiger partial charge < -0.3 is 0 Å².